The zero-order valence-corrected chi connectivity index (χ0v) is 29.6. The van der Waals surface area contributed by atoms with Crippen LogP contribution in [-0.4, -0.2) is 82.7 Å². The molecule has 5 saturated carbocycles. The number of hydrogen-bond donors (Lipinski definition) is 7. The molecular weight excluding hydrogens is 624 g/mol. The Morgan fingerprint density at radius 1 is 0.878 bits per heavy atom. The quantitative estimate of drug-likeness (QED) is 0.226. The highest BCUT2D eigenvalue weighted by molar-refractivity contribution is 5.96. The molecule has 9 heteroatoms. The minimum Gasteiger partial charge on any atom is -0.508 e. The summed E-state index contributed by atoms with van der Waals surface area (Å²) in [5.41, 5.74) is -5.11. The van der Waals surface area contributed by atoms with Gasteiger partial charge < -0.3 is 40.5 Å². The van der Waals surface area contributed by atoms with E-state index in [1.54, 1.807) is 6.08 Å². The van der Waals surface area contributed by atoms with Gasteiger partial charge in [0.05, 0.1) is 35.6 Å². The maximum Gasteiger partial charge on any atom is 0.160 e. The smallest absolute Gasteiger partial charge is 0.160 e. The molecule has 49 heavy (non-hydrogen) atoms. The standard InChI is InChI=1S/C40H56O9/c1-20-9-8-12-40(34(46)21(20)2)37(5,47)33-28(49-40)18-39(48)25-16-26(43)30-29(22-13-23(41)15-24(42)14-22)31(45)27(44)17-35(30,3)32(25)38(10-6-7-11-38)19-36(33,39)4/h13-16,20-21,27-34,41-42,44-48H,6-12,17-19H2,1-5H3/t20-,21-,27-,28-,29+,30-,31-,32+,33+,34-,35-,36+,37+,39-,40-/m0/s1. The van der Waals surface area contributed by atoms with Crippen LogP contribution in [0.3, 0.4) is 0 Å². The number of aliphatic hydroxyl groups is 5. The Hall–Kier alpha value is -2.01. The van der Waals surface area contributed by atoms with E-state index < -0.39 is 69.8 Å². The molecule has 9 nitrogen and oxygen atoms in total. The van der Waals surface area contributed by atoms with Gasteiger partial charge in [-0.25, -0.2) is 0 Å². The van der Waals surface area contributed by atoms with Crippen LogP contribution in [0.15, 0.2) is 29.8 Å². The number of carbonyl (C=O) groups is 1. The number of aliphatic hydroxyl groups excluding tert-OH is 3. The monoisotopic (exact) mass is 680 g/mol. The first-order valence-electron chi connectivity index (χ1n) is 18.8. The Labute approximate surface area is 289 Å². The maximum atomic E-state index is 14.7. The second kappa shape index (κ2) is 10.5. The molecule has 0 aromatic heterocycles. The van der Waals surface area contributed by atoms with Crippen molar-refractivity contribution in [2.75, 3.05) is 0 Å². The molecule has 0 unspecified atom stereocenters. The lowest BCUT2D eigenvalue weighted by Gasteiger charge is -2.67. The minimum absolute atomic E-state index is 0.0681. The summed E-state index contributed by atoms with van der Waals surface area (Å²) in [7, 11) is 0. The lowest BCUT2D eigenvalue weighted by atomic mass is 9.37. The lowest BCUT2D eigenvalue weighted by molar-refractivity contribution is -0.232. The van der Waals surface area contributed by atoms with Crippen LogP contribution in [0, 0.1) is 45.8 Å². The van der Waals surface area contributed by atoms with Crippen LogP contribution in [0.2, 0.25) is 0 Å². The fourth-order valence-electron chi connectivity index (χ4n) is 14.3. The highest BCUT2D eigenvalue weighted by atomic mass is 16.6. The molecule has 0 amide bonds. The molecule has 7 aliphatic rings. The number of phenolic OH excluding ortho intramolecular Hbond substituents is 2. The highest BCUT2D eigenvalue weighted by Gasteiger charge is 2.81. The number of benzene rings is 1. The molecule has 1 aliphatic heterocycles. The van der Waals surface area contributed by atoms with Crippen LogP contribution < -0.4 is 0 Å². The third-order valence-corrected chi connectivity index (χ3v) is 16.2. The molecule has 1 aromatic carbocycles. The predicted molar refractivity (Wildman–Crippen MR) is 180 cm³/mol. The summed E-state index contributed by atoms with van der Waals surface area (Å²) in [5, 5.41) is 82.0. The van der Waals surface area contributed by atoms with E-state index in [0.29, 0.717) is 24.0 Å². The Balaban J connectivity index is 1.28. The van der Waals surface area contributed by atoms with Gasteiger partial charge in [0.15, 0.2) is 5.78 Å². The van der Waals surface area contributed by atoms with Gasteiger partial charge in [0.1, 0.15) is 17.1 Å². The largest absolute Gasteiger partial charge is 0.508 e. The first-order chi connectivity index (χ1) is 22.9. The normalized spacial score (nSPS) is 53.1. The van der Waals surface area contributed by atoms with Crippen LogP contribution in [0.5, 0.6) is 11.5 Å². The van der Waals surface area contributed by atoms with Gasteiger partial charge in [-0.1, -0.05) is 53.4 Å². The zero-order valence-electron chi connectivity index (χ0n) is 29.6. The van der Waals surface area contributed by atoms with Gasteiger partial charge in [-0.2, -0.15) is 0 Å². The van der Waals surface area contributed by atoms with E-state index in [4.69, 9.17) is 4.74 Å². The summed E-state index contributed by atoms with van der Waals surface area (Å²) in [4.78, 5) is 14.7. The number of carbonyl (C=O) groups excluding carboxylic acids is 1. The summed E-state index contributed by atoms with van der Waals surface area (Å²) in [6.45, 7) is 10.1. The third-order valence-electron chi connectivity index (χ3n) is 16.2. The molecule has 6 fully saturated rings. The molecular formula is C40H56O9. The molecule has 15 atom stereocenters. The fraction of sp³-hybridized carbons (Fsp3) is 0.775. The summed E-state index contributed by atoms with van der Waals surface area (Å²) in [6.07, 6.45) is 4.77. The van der Waals surface area contributed by atoms with Gasteiger partial charge in [0, 0.05) is 35.7 Å². The van der Waals surface area contributed by atoms with E-state index in [1.807, 2.05) is 20.8 Å². The van der Waals surface area contributed by atoms with Crippen LogP contribution in [-0.2, 0) is 9.53 Å². The van der Waals surface area contributed by atoms with E-state index in [1.165, 1.54) is 18.2 Å². The van der Waals surface area contributed by atoms with E-state index in [-0.39, 0.29) is 53.3 Å². The van der Waals surface area contributed by atoms with Crippen LogP contribution in [0.1, 0.15) is 110 Å². The predicted octanol–water partition coefficient (Wildman–Crippen LogP) is 4.48. The van der Waals surface area contributed by atoms with Crippen molar-refractivity contribution in [2.45, 2.75) is 146 Å². The zero-order chi connectivity index (χ0) is 35.3. The van der Waals surface area contributed by atoms with Gasteiger partial charge in [-0.05, 0) is 97.0 Å². The molecule has 8 rings (SSSR count). The second-order valence-corrected chi connectivity index (χ2v) is 18.6. The van der Waals surface area contributed by atoms with E-state index in [9.17, 15) is 40.5 Å². The first kappa shape index (κ1) is 34.1. The summed E-state index contributed by atoms with van der Waals surface area (Å²) < 4.78 is 6.99. The van der Waals surface area contributed by atoms with Crippen molar-refractivity contribution in [1.29, 1.82) is 0 Å². The molecule has 6 aliphatic carbocycles. The minimum atomic E-state index is -1.48. The maximum absolute atomic E-state index is 14.7. The van der Waals surface area contributed by atoms with Gasteiger partial charge in [-0.15, -0.1) is 0 Å². The number of fused-ring (bicyclic) bond motifs is 8. The third kappa shape index (κ3) is 4.12. The first-order valence-corrected chi connectivity index (χ1v) is 18.8. The Kier molecular flexibility index (Phi) is 7.33. The number of phenols is 2. The number of allylic oxidation sites excluding steroid dienone is 1. The average molecular weight is 681 g/mol. The van der Waals surface area contributed by atoms with Crippen LogP contribution >= 0.6 is 0 Å². The molecule has 1 heterocycles. The number of hydrogen-bond acceptors (Lipinski definition) is 9. The van der Waals surface area contributed by atoms with Crippen LogP contribution in [0.4, 0.5) is 0 Å². The Morgan fingerprint density at radius 2 is 1.53 bits per heavy atom. The summed E-state index contributed by atoms with van der Waals surface area (Å²) in [5.74, 6) is -2.84. The van der Waals surface area contributed by atoms with Crippen molar-refractivity contribution in [3.8, 4) is 11.5 Å². The van der Waals surface area contributed by atoms with Crippen molar-refractivity contribution in [3.05, 3.63) is 35.4 Å². The molecule has 1 aromatic rings. The Bertz CT molecular complexity index is 1560. The molecule has 7 N–H and O–H groups in total. The molecule has 0 bridgehead atoms. The number of aromatic hydroxyl groups is 2. The number of rotatable bonds is 1. The molecule has 1 saturated heterocycles. The van der Waals surface area contributed by atoms with Gasteiger partial charge in [0.2, 0.25) is 0 Å². The average Bonchev–Trinajstić information content (AvgIpc) is 3.59. The van der Waals surface area contributed by atoms with Crippen molar-refractivity contribution < 1.29 is 45.3 Å². The Morgan fingerprint density at radius 3 is 2.18 bits per heavy atom. The summed E-state index contributed by atoms with van der Waals surface area (Å²) in [6, 6.07) is 4.10. The lowest BCUT2D eigenvalue weighted by Crippen LogP contribution is -2.69. The van der Waals surface area contributed by atoms with Crippen molar-refractivity contribution >= 4 is 5.78 Å². The molecule has 0 radical (unpaired) electrons. The molecule has 2 spiro atoms. The van der Waals surface area contributed by atoms with E-state index in [2.05, 4.69) is 13.8 Å². The van der Waals surface area contributed by atoms with Gasteiger partial charge in [-0.3, -0.25) is 4.79 Å². The van der Waals surface area contributed by atoms with Crippen molar-refractivity contribution in [1.82, 2.24) is 0 Å². The second-order valence-electron chi connectivity index (χ2n) is 18.6. The van der Waals surface area contributed by atoms with Gasteiger partial charge >= 0.3 is 0 Å². The fourth-order valence-corrected chi connectivity index (χ4v) is 14.3. The van der Waals surface area contributed by atoms with Crippen molar-refractivity contribution in [3.63, 3.8) is 0 Å². The van der Waals surface area contributed by atoms with Crippen molar-refractivity contribution in [2.24, 2.45) is 45.8 Å². The number of ketones is 1. The van der Waals surface area contributed by atoms with Crippen LogP contribution in [0.25, 0.3) is 0 Å². The van der Waals surface area contributed by atoms with Gasteiger partial charge in [0.25, 0.3) is 0 Å². The van der Waals surface area contributed by atoms with E-state index >= 15 is 0 Å². The number of ether oxygens (including phenoxy) is 1. The highest BCUT2D eigenvalue weighted by Crippen LogP contribution is 2.78. The molecule has 270 valence electrons. The topological polar surface area (TPSA) is 168 Å². The summed E-state index contributed by atoms with van der Waals surface area (Å²) >= 11 is 0. The van der Waals surface area contributed by atoms with E-state index in [0.717, 1.165) is 38.5 Å². The SMILES string of the molecule is C[C@H]1[C@@H](C)CCC[C@]2(O[C@H]3C[C@]4(O)C5=CC(=O)[C@H]6[C@@H](c7cc(O)cc(O)c7)[C@@H](O)[C@@H](O)C[C@]6(C)[C@@H]5C5(CCCC5)C[C@]4(C)[C@@H]3[C@@]2(C)O)[C@H]1O.